The predicted molar refractivity (Wildman–Crippen MR) is 81.5 cm³/mol. The highest BCUT2D eigenvalue weighted by Gasteiger charge is 2.23. The van der Waals surface area contributed by atoms with Gasteiger partial charge in [-0.2, -0.15) is 5.10 Å². The van der Waals surface area contributed by atoms with Gasteiger partial charge in [-0.25, -0.2) is 0 Å². The summed E-state index contributed by atoms with van der Waals surface area (Å²) in [4.78, 5) is 2.37. The average molecular weight is 264 g/mol. The summed E-state index contributed by atoms with van der Waals surface area (Å²) in [5, 5.41) is 4.59. The smallest absolute Gasteiger partial charge is 0.150 e. The molecule has 108 valence electrons. The van der Waals surface area contributed by atoms with E-state index in [0.29, 0.717) is 6.04 Å². The maximum absolute atomic E-state index is 6.31. The Labute approximate surface area is 117 Å². The van der Waals surface area contributed by atoms with Crippen LogP contribution in [0.1, 0.15) is 57.6 Å². The highest BCUT2D eigenvalue weighted by atomic mass is 15.4. The quantitative estimate of drug-likeness (QED) is 0.850. The summed E-state index contributed by atoms with van der Waals surface area (Å²) in [7, 11) is 4.19. The van der Waals surface area contributed by atoms with Crippen molar-refractivity contribution in [3.05, 3.63) is 5.69 Å². The number of aryl methyl sites for hydroxylation is 2. The third-order valence-electron chi connectivity index (χ3n) is 4.32. The van der Waals surface area contributed by atoms with Crippen molar-refractivity contribution in [3.63, 3.8) is 0 Å². The first kappa shape index (κ1) is 14.2. The van der Waals surface area contributed by atoms with E-state index in [9.17, 15) is 0 Å². The van der Waals surface area contributed by atoms with Crippen molar-refractivity contribution in [2.45, 2.75) is 64.3 Å². The number of rotatable bonds is 4. The summed E-state index contributed by atoms with van der Waals surface area (Å²) in [5.41, 5.74) is 8.25. The zero-order valence-corrected chi connectivity index (χ0v) is 12.7. The van der Waals surface area contributed by atoms with Crippen LogP contribution in [0, 0.1) is 0 Å². The number of aromatic nitrogens is 2. The Morgan fingerprint density at radius 1 is 1.26 bits per heavy atom. The van der Waals surface area contributed by atoms with Crippen LogP contribution < -0.4 is 10.6 Å². The lowest BCUT2D eigenvalue weighted by Gasteiger charge is -2.29. The standard InChI is InChI=1S/C15H28N4/c1-4-9-13-14(16)15(19(3)17-13)18(2)12-10-7-5-6-8-11-12/h12H,4-11,16H2,1-3H3. The minimum atomic E-state index is 0.620. The van der Waals surface area contributed by atoms with Crippen LogP contribution in [0.2, 0.25) is 0 Å². The monoisotopic (exact) mass is 264 g/mol. The van der Waals surface area contributed by atoms with E-state index in [0.717, 1.165) is 30.0 Å². The molecule has 0 radical (unpaired) electrons. The van der Waals surface area contributed by atoms with E-state index >= 15 is 0 Å². The van der Waals surface area contributed by atoms with E-state index < -0.39 is 0 Å². The molecule has 4 heteroatoms. The van der Waals surface area contributed by atoms with Crippen LogP contribution in [0.25, 0.3) is 0 Å². The van der Waals surface area contributed by atoms with Gasteiger partial charge >= 0.3 is 0 Å². The van der Waals surface area contributed by atoms with Crippen LogP contribution in [0.4, 0.5) is 11.5 Å². The van der Waals surface area contributed by atoms with Gasteiger partial charge in [-0.15, -0.1) is 0 Å². The lowest BCUT2D eigenvalue weighted by atomic mass is 10.1. The van der Waals surface area contributed by atoms with E-state index in [1.54, 1.807) is 0 Å². The fraction of sp³-hybridized carbons (Fsp3) is 0.800. The Balaban J connectivity index is 2.19. The first-order valence-corrected chi connectivity index (χ1v) is 7.69. The van der Waals surface area contributed by atoms with Gasteiger partial charge in [0.05, 0.1) is 11.4 Å². The highest BCUT2D eigenvalue weighted by molar-refractivity contribution is 5.66. The van der Waals surface area contributed by atoms with Gasteiger partial charge in [-0.3, -0.25) is 4.68 Å². The number of nitrogens with two attached hydrogens (primary N) is 1. The first-order chi connectivity index (χ1) is 9.15. The third kappa shape index (κ3) is 3.04. The van der Waals surface area contributed by atoms with Crippen molar-refractivity contribution < 1.29 is 0 Å². The molecule has 0 amide bonds. The van der Waals surface area contributed by atoms with Crippen molar-refractivity contribution in [3.8, 4) is 0 Å². The molecule has 0 atom stereocenters. The van der Waals surface area contributed by atoms with Gasteiger partial charge in [0.25, 0.3) is 0 Å². The van der Waals surface area contributed by atoms with E-state index in [2.05, 4.69) is 24.0 Å². The summed E-state index contributed by atoms with van der Waals surface area (Å²) in [6.07, 6.45) is 10.1. The Bertz CT molecular complexity index is 403. The molecule has 0 aromatic carbocycles. The molecule has 0 unspecified atom stereocenters. The largest absolute Gasteiger partial charge is 0.394 e. The van der Waals surface area contributed by atoms with Crippen LogP contribution >= 0.6 is 0 Å². The van der Waals surface area contributed by atoms with Gasteiger partial charge in [0.15, 0.2) is 0 Å². The van der Waals surface area contributed by atoms with Crippen LogP contribution in [0.3, 0.4) is 0 Å². The summed E-state index contributed by atoms with van der Waals surface area (Å²) < 4.78 is 1.96. The number of nitrogen functional groups attached to an aromatic ring is 1. The second kappa shape index (κ2) is 6.31. The predicted octanol–water partition coefficient (Wildman–Crippen LogP) is 3.11. The van der Waals surface area contributed by atoms with Crippen molar-refractivity contribution in [1.29, 1.82) is 0 Å². The average Bonchev–Trinajstić information content (AvgIpc) is 2.61. The third-order valence-corrected chi connectivity index (χ3v) is 4.32. The van der Waals surface area contributed by atoms with Gasteiger partial charge < -0.3 is 10.6 Å². The van der Waals surface area contributed by atoms with Crippen molar-refractivity contribution in [2.75, 3.05) is 17.7 Å². The van der Waals surface area contributed by atoms with E-state index in [-0.39, 0.29) is 0 Å². The molecule has 1 aliphatic rings. The van der Waals surface area contributed by atoms with E-state index in [4.69, 9.17) is 5.73 Å². The Morgan fingerprint density at radius 2 is 1.89 bits per heavy atom. The van der Waals surface area contributed by atoms with Gasteiger partial charge in [0, 0.05) is 20.1 Å². The lowest BCUT2D eigenvalue weighted by Crippen LogP contribution is -2.33. The zero-order valence-electron chi connectivity index (χ0n) is 12.7. The topological polar surface area (TPSA) is 47.1 Å². The van der Waals surface area contributed by atoms with Crippen molar-refractivity contribution >= 4 is 11.5 Å². The van der Waals surface area contributed by atoms with Gasteiger partial charge in [-0.1, -0.05) is 39.0 Å². The maximum Gasteiger partial charge on any atom is 0.150 e. The zero-order chi connectivity index (χ0) is 13.8. The second-order valence-corrected chi connectivity index (χ2v) is 5.81. The van der Waals surface area contributed by atoms with Gasteiger partial charge in [0.2, 0.25) is 0 Å². The molecule has 1 heterocycles. The molecular weight excluding hydrogens is 236 g/mol. The molecule has 2 N–H and O–H groups in total. The molecule has 1 aromatic heterocycles. The molecule has 19 heavy (non-hydrogen) atoms. The van der Waals surface area contributed by atoms with Crippen LogP contribution in [0.5, 0.6) is 0 Å². The lowest BCUT2D eigenvalue weighted by molar-refractivity contribution is 0.539. The van der Waals surface area contributed by atoms with Gasteiger partial charge in [0.1, 0.15) is 5.82 Å². The number of hydrogen-bond acceptors (Lipinski definition) is 3. The summed E-state index contributed by atoms with van der Waals surface area (Å²) in [6, 6.07) is 0.620. The molecule has 2 rings (SSSR count). The fourth-order valence-corrected chi connectivity index (χ4v) is 3.24. The number of hydrogen-bond donors (Lipinski definition) is 1. The fourth-order valence-electron chi connectivity index (χ4n) is 3.24. The Morgan fingerprint density at radius 3 is 2.47 bits per heavy atom. The molecule has 1 aliphatic carbocycles. The van der Waals surface area contributed by atoms with Gasteiger partial charge in [-0.05, 0) is 19.3 Å². The maximum atomic E-state index is 6.31. The highest BCUT2D eigenvalue weighted by Crippen LogP contribution is 2.31. The van der Waals surface area contributed by atoms with Crippen LogP contribution in [-0.4, -0.2) is 22.9 Å². The summed E-state index contributed by atoms with van der Waals surface area (Å²) >= 11 is 0. The molecule has 1 saturated carbocycles. The van der Waals surface area contributed by atoms with Crippen LogP contribution in [0.15, 0.2) is 0 Å². The van der Waals surface area contributed by atoms with Crippen molar-refractivity contribution in [2.24, 2.45) is 7.05 Å². The van der Waals surface area contributed by atoms with E-state index in [1.807, 2.05) is 11.7 Å². The normalized spacial score (nSPS) is 17.4. The molecule has 0 bridgehead atoms. The minimum Gasteiger partial charge on any atom is -0.394 e. The Hall–Kier alpha value is -1.19. The summed E-state index contributed by atoms with van der Waals surface area (Å²) in [5.74, 6) is 1.11. The summed E-state index contributed by atoms with van der Waals surface area (Å²) in [6.45, 7) is 2.17. The number of nitrogens with zero attached hydrogens (tertiary/aromatic N) is 3. The van der Waals surface area contributed by atoms with E-state index in [1.165, 1.54) is 38.5 Å². The number of anilines is 2. The molecule has 0 spiro atoms. The van der Waals surface area contributed by atoms with Crippen molar-refractivity contribution in [1.82, 2.24) is 9.78 Å². The minimum absolute atomic E-state index is 0.620. The first-order valence-electron chi connectivity index (χ1n) is 7.69. The second-order valence-electron chi connectivity index (χ2n) is 5.81. The molecule has 1 aromatic rings. The van der Waals surface area contributed by atoms with Crippen LogP contribution in [-0.2, 0) is 13.5 Å². The Kier molecular flexibility index (Phi) is 4.72. The molecular formula is C15H28N4. The molecule has 0 aliphatic heterocycles. The molecule has 1 fully saturated rings. The molecule has 4 nitrogen and oxygen atoms in total. The SMILES string of the molecule is CCCc1nn(C)c(N(C)C2CCCCCC2)c1N. The molecule has 0 saturated heterocycles.